The topological polar surface area (TPSA) is 38.0 Å². The number of nitrogen functional groups attached to an aromatic ring is 1. The minimum Gasteiger partial charge on any atom is -0.397 e. The van der Waals surface area contributed by atoms with E-state index in [1.165, 1.54) is 11.1 Å². The predicted molar refractivity (Wildman–Crippen MR) is 81.9 cm³/mol. The summed E-state index contributed by atoms with van der Waals surface area (Å²) in [5.41, 5.74) is 10.3. The van der Waals surface area contributed by atoms with Gasteiger partial charge in [-0.3, -0.25) is 0 Å². The van der Waals surface area contributed by atoms with E-state index in [9.17, 15) is 0 Å². The first kappa shape index (κ1) is 13.0. The summed E-state index contributed by atoms with van der Waals surface area (Å²) in [6, 6.07) is 14.4. The third kappa shape index (κ3) is 3.50. The van der Waals surface area contributed by atoms with Crippen molar-refractivity contribution in [2.24, 2.45) is 0 Å². The van der Waals surface area contributed by atoms with E-state index < -0.39 is 0 Å². The maximum Gasteiger partial charge on any atom is 0.0576 e. The zero-order valence-electron chi connectivity index (χ0n) is 10.4. The third-order valence-corrected chi connectivity index (χ3v) is 3.32. The Balaban J connectivity index is 1.94. The number of halogens is 1. The molecule has 2 rings (SSSR count). The highest BCUT2D eigenvalue weighted by atomic mass is 79.9. The Hall–Kier alpha value is -1.48. The van der Waals surface area contributed by atoms with Gasteiger partial charge in [0.1, 0.15) is 0 Å². The number of nitrogens with two attached hydrogens (primary N) is 1. The standard InChI is InChI=1S/C15H17BrN2/c1-11-5-6-14(17)15(9-11)18-8-7-12-3-2-4-13(16)10-12/h2-6,9-10,18H,7-8,17H2,1H3. The molecule has 94 valence electrons. The van der Waals surface area contributed by atoms with E-state index in [2.05, 4.69) is 52.4 Å². The van der Waals surface area contributed by atoms with Crippen LogP contribution in [0.25, 0.3) is 0 Å². The van der Waals surface area contributed by atoms with Gasteiger partial charge in [-0.1, -0.05) is 34.1 Å². The molecule has 0 amide bonds. The lowest BCUT2D eigenvalue weighted by Crippen LogP contribution is -2.07. The molecule has 0 bridgehead atoms. The van der Waals surface area contributed by atoms with Crippen molar-refractivity contribution >= 4 is 27.3 Å². The molecule has 0 aliphatic heterocycles. The average molecular weight is 305 g/mol. The number of hydrogen-bond donors (Lipinski definition) is 2. The molecular formula is C15H17BrN2. The molecule has 2 nitrogen and oxygen atoms in total. The number of rotatable bonds is 4. The molecule has 0 aliphatic rings. The van der Waals surface area contributed by atoms with Crippen LogP contribution in [0, 0.1) is 6.92 Å². The van der Waals surface area contributed by atoms with Crippen LogP contribution in [0.15, 0.2) is 46.9 Å². The van der Waals surface area contributed by atoms with Gasteiger partial charge in [0.25, 0.3) is 0 Å². The molecule has 0 saturated heterocycles. The molecule has 18 heavy (non-hydrogen) atoms. The molecule has 0 fully saturated rings. The third-order valence-electron chi connectivity index (χ3n) is 2.83. The van der Waals surface area contributed by atoms with Gasteiger partial charge in [-0.05, 0) is 48.7 Å². The van der Waals surface area contributed by atoms with Gasteiger partial charge in [0.15, 0.2) is 0 Å². The Morgan fingerprint density at radius 2 is 2.00 bits per heavy atom. The fraction of sp³-hybridized carbons (Fsp3) is 0.200. The van der Waals surface area contributed by atoms with E-state index in [1.54, 1.807) is 0 Å². The molecule has 3 heteroatoms. The number of benzene rings is 2. The van der Waals surface area contributed by atoms with Crippen LogP contribution in [0.2, 0.25) is 0 Å². The zero-order chi connectivity index (χ0) is 13.0. The van der Waals surface area contributed by atoms with Gasteiger partial charge in [-0.2, -0.15) is 0 Å². The van der Waals surface area contributed by atoms with Gasteiger partial charge in [0.2, 0.25) is 0 Å². The first-order chi connectivity index (χ1) is 8.65. The summed E-state index contributed by atoms with van der Waals surface area (Å²) in [4.78, 5) is 0. The quantitative estimate of drug-likeness (QED) is 0.838. The Morgan fingerprint density at radius 1 is 1.17 bits per heavy atom. The minimum absolute atomic E-state index is 0.801. The monoisotopic (exact) mass is 304 g/mol. The molecule has 0 heterocycles. The second kappa shape index (κ2) is 5.91. The van der Waals surface area contributed by atoms with Crippen molar-refractivity contribution in [1.29, 1.82) is 0 Å². The van der Waals surface area contributed by atoms with Crippen molar-refractivity contribution in [3.63, 3.8) is 0 Å². The van der Waals surface area contributed by atoms with Gasteiger partial charge in [0.05, 0.1) is 11.4 Å². The number of hydrogen-bond acceptors (Lipinski definition) is 2. The number of aryl methyl sites for hydroxylation is 1. The van der Waals surface area contributed by atoms with Crippen molar-refractivity contribution in [1.82, 2.24) is 0 Å². The van der Waals surface area contributed by atoms with E-state index in [0.29, 0.717) is 0 Å². The Bertz CT molecular complexity index is 538. The van der Waals surface area contributed by atoms with Gasteiger partial charge >= 0.3 is 0 Å². The van der Waals surface area contributed by atoms with Crippen LogP contribution in [0.1, 0.15) is 11.1 Å². The fourth-order valence-electron chi connectivity index (χ4n) is 1.86. The minimum atomic E-state index is 0.801. The summed E-state index contributed by atoms with van der Waals surface area (Å²) in [5.74, 6) is 0. The van der Waals surface area contributed by atoms with Crippen LogP contribution in [-0.4, -0.2) is 6.54 Å². The van der Waals surface area contributed by atoms with Crippen LogP contribution < -0.4 is 11.1 Å². The highest BCUT2D eigenvalue weighted by molar-refractivity contribution is 9.10. The summed E-state index contributed by atoms with van der Waals surface area (Å²) in [5, 5.41) is 3.38. The molecule has 0 spiro atoms. The van der Waals surface area contributed by atoms with Crippen molar-refractivity contribution in [2.45, 2.75) is 13.3 Å². The lowest BCUT2D eigenvalue weighted by atomic mass is 10.1. The summed E-state index contributed by atoms with van der Waals surface area (Å²) < 4.78 is 1.12. The first-order valence-electron chi connectivity index (χ1n) is 5.99. The van der Waals surface area contributed by atoms with Crippen molar-refractivity contribution in [3.05, 3.63) is 58.1 Å². The Kier molecular flexibility index (Phi) is 4.26. The summed E-state index contributed by atoms with van der Waals surface area (Å²) >= 11 is 3.48. The van der Waals surface area contributed by atoms with E-state index in [-0.39, 0.29) is 0 Å². The number of nitrogens with one attached hydrogen (secondary N) is 1. The normalized spacial score (nSPS) is 10.3. The van der Waals surface area contributed by atoms with Crippen LogP contribution in [0.5, 0.6) is 0 Å². The second-order valence-corrected chi connectivity index (χ2v) is 5.31. The molecule has 0 unspecified atom stereocenters. The Morgan fingerprint density at radius 3 is 2.78 bits per heavy atom. The molecule has 0 atom stereocenters. The van der Waals surface area contributed by atoms with E-state index in [4.69, 9.17) is 5.73 Å². The fourth-order valence-corrected chi connectivity index (χ4v) is 2.30. The van der Waals surface area contributed by atoms with E-state index in [1.807, 2.05) is 18.2 Å². The van der Waals surface area contributed by atoms with Crippen LogP contribution in [0.4, 0.5) is 11.4 Å². The van der Waals surface area contributed by atoms with Gasteiger partial charge in [-0.15, -0.1) is 0 Å². The van der Waals surface area contributed by atoms with Crippen LogP contribution in [0.3, 0.4) is 0 Å². The van der Waals surface area contributed by atoms with Crippen molar-refractivity contribution < 1.29 is 0 Å². The SMILES string of the molecule is Cc1ccc(N)c(NCCc2cccc(Br)c2)c1. The maximum atomic E-state index is 5.92. The molecule has 0 aromatic heterocycles. The van der Waals surface area contributed by atoms with Gasteiger partial charge in [-0.25, -0.2) is 0 Å². The van der Waals surface area contributed by atoms with E-state index >= 15 is 0 Å². The van der Waals surface area contributed by atoms with Gasteiger partial charge < -0.3 is 11.1 Å². The molecular weight excluding hydrogens is 288 g/mol. The predicted octanol–water partition coefficient (Wildman–Crippen LogP) is 3.99. The summed E-state index contributed by atoms with van der Waals surface area (Å²) in [6.45, 7) is 2.95. The molecule has 0 saturated carbocycles. The average Bonchev–Trinajstić information content (AvgIpc) is 2.34. The maximum absolute atomic E-state index is 5.92. The lowest BCUT2D eigenvalue weighted by molar-refractivity contribution is 1.02. The highest BCUT2D eigenvalue weighted by Crippen LogP contribution is 2.19. The molecule has 0 radical (unpaired) electrons. The smallest absolute Gasteiger partial charge is 0.0576 e. The molecule has 2 aromatic rings. The van der Waals surface area contributed by atoms with E-state index in [0.717, 1.165) is 28.8 Å². The van der Waals surface area contributed by atoms with Crippen molar-refractivity contribution in [2.75, 3.05) is 17.6 Å². The van der Waals surface area contributed by atoms with Gasteiger partial charge in [0, 0.05) is 11.0 Å². The second-order valence-electron chi connectivity index (χ2n) is 4.40. The summed E-state index contributed by atoms with van der Waals surface area (Å²) in [6.07, 6.45) is 0.979. The van der Waals surface area contributed by atoms with Crippen LogP contribution >= 0.6 is 15.9 Å². The molecule has 0 aliphatic carbocycles. The molecule has 2 aromatic carbocycles. The first-order valence-corrected chi connectivity index (χ1v) is 6.79. The highest BCUT2D eigenvalue weighted by Gasteiger charge is 1.99. The Labute approximate surface area is 116 Å². The molecule has 3 N–H and O–H groups in total. The number of anilines is 2. The van der Waals surface area contributed by atoms with Crippen molar-refractivity contribution in [3.8, 4) is 0 Å². The summed E-state index contributed by atoms with van der Waals surface area (Å²) in [7, 11) is 0. The largest absolute Gasteiger partial charge is 0.397 e. The zero-order valence-corrected chi connectivity index (χ0v) is 12.0. The lowest BCUT2D eigenvalue weighted by Gasteiger charge is -2.10. The van der Waals surface area contributed by atoms with Crippen LogP contribution in [-0.2, 0) is 6.42 Å².